The second-order valence-corrected chi connectivity index (χ2v) is 6.33. The summed E-state index contributed by atoms with van der Waals surface area (Å²) in [5, 5.41) is 7.14. The van der Waals surface area contributed by atoms with Crippen molar-refractivity contribution in [1.29, 1.82) is 0 Å². The molecule has 0 aliphatic rings. The molecule has 0 saturated carbocycles. The number of anilines is 1. The van der Waals surface area contributed by atoms with E-state index in [1.807, 2.05) is 23.8 Å². The number of hydrogen-bond donors (Lipinski definition) is 1. The molecule has 1 aromatic carbocycles. The molecule has 7 heteroatoms. The third kappa shape index (κ3) is 5.25. The molecule has 5 nitrogen and oxygen atoms in total. The van der Waals surface area contributed by atoms with E-state index in [4.69, 9.17) is 21.1 Å². The predicted molar refractivity (Wildman–Crippen MR) is 95.0 cm³/mol. The molecule has 0 spiro atoms. The monoisotopic (exact) mass is 367 g/mol. The minimum Gasteiger partial charge on any atom is -0.495 e. The number of methoxy groups -OCH3 is 1. The number of carbonyl (C=O) groups excluding carboxylic acids is 2. The lowest BCUT2D eigenvalue weighted by Crippen LogP contribution is -2.21. The van der Waals surface area contributed by atoms with Gasteiger partial charge in [0.25, 0.3) is 5.91 Å². The zero-order valence-electron chi connectivity index (χ0n) is 13.4. The molecule has 2 rings (SSSR count). The van der Waals surface area contributed by atoms with Gasteiger partial charge in [-0.1, -0.05) is 11.6 Å². The Morgan fingerprint density at radius 1 is 1.33 bits per heavy atom. The summed E-state index contributed by atoms with van der Waals surface area (Å²) in [6.07, 6.45) is 0.849. The van der Waals surface area contributed by atoms with E-state index in [-0.39, 0.29) is 13.0 Å². The molecule has 0 fully saturated rings. The number of benzene rings is 1. The van der Waals surface area contributed by atoms with Gasteiger partial charge in [-0.25, -0.2) is 0 Å². The van der Waals surface area contributed by atoms with Crippen LogP contribution in [-0.4, -0.2) is 25.6 Å². The lowest BCUT2D eigenvalue weighted by atomic mass is 10.2. The summed E-state index contributed by atoms with van der Waals surface area (Å²) in [5.74, 6) is -0.391. The highest BCUT2D eigenvalue weighted by Gasteiger charge is 2.12. The summed E-state index contributed by atoms with van der Waals surface area (Å²) in [6.45, 7) is 1.48. The van der Waals surface area contributed by atoms with Crippen LogP contribution in [0.2, 0.25) is 5.02 Å². The summed E-state index contributed by atoms with van der Waals surface area (Å²) in [4.78, 5) is 23.6. The summed E-state index contributed by atoms with van der Waals surface area (Å²) in [7, 11) is 1.49. The molecule has 0 atom stereocenters. The summed E-state index contributed by atoms with van der Waals surface area (Å²) < 4.78 is 10.2. The zero-order valence-corrected chi connectivity index (χ0v) is 15.0. The highest BCUT2D eigenvalue weighted by molar-refractivity contribution is 7.07. The van der Waals surface area contributed by atoms with E-state index in [0.717, 1.165) is 11.1 Å². The van der Waals surface area contributed by atoms with Crippen LogP contribution >= 0.6 is 22.9 Å². The van der Waals surface area contributed by atoms with E-state index in [0.29, 0.717) is 22.9 Å². The Kier molecular flexibility index (Phi) is 6.63. The molecule has 1 heterocycles. The van der Waals surface area contributed by atoms with Crippen molar-refractivity contribution in [3.05, 3.63) is 45.1 Å². The van der Waals surface area contributed by atoms with Gasteiger partial charge in [0.15, 0.2) is 6.61 Å². The van der Waals surface area contributed by atoms with Crippen LogP contribution in [-0.2, 0) is 20.7 Å². The Bertz CT molecular complexity index is 716. The van der Waals surface area contributed by atoms with Gasteiger partial charge in [-0.05, 0) is 47.4 Å². The maximum absolute atomic E-state index is 11.9. The number of thiophene rings is 1. The maximum atomic E-state index is 11.9. The van der Waals surface area contributed by atoms with Crippen molar-refractivity contribution < 1.29 is 19.1 Å². The van der Waals surface area contributed by atoms with E-state index >= 15 is 0 Å². The molecule has 0 saturated heterocycles. The second-order valence-electron chi connectivity index (χ2n) is 5.14. The number of rotatable bonds is 7. The summed E-state index contributed by atoms with van der Waals surface area (Å²) in [6, 6.07) is 5.29. The highest BCUT2D eigenvalue weighted by atomic mass is 35.5. The van der Waals surface area contributed by atoms with E-state index in [1.54, 1.807) is 23.5 Å². The fourth-order valence-electron chi connectivity index (χ4n) is 2.02. The van der Waals surface area contributed by atoms with Crippen molar-refractivity contribution in [2.75, 3.05) is 19.0 Å². The lowest BCUT2D eigenvalue weighted by Gasteiger charge is -2.12. The third-order valence-corrected chi connectivity index (χ3v) is 4.46. The molecule has 0 aliphatic heterocycles. The quantitative estimate of drug-likeness (QED) is 0.755. The van der Waals surface area contributed by atoms with Gasteiger partial charge in [0.1, 0.15) is 5.75 Å². The number of aryl methyl sites for hydroxylation is 2. The van der Waals surface area contributed by atoms with Crippen LogP contribution in [0.3, 0.4) is 0 Å². The van der Waals surface area contributed by atoms with Crippen LogP contribution < -0.4 is 10.1 Å². The number of ether oxygens (including phenoxy) is 2. The number of carbonyl (C=O) groups is 2. The van der Waals surface area contributed by atoms with Crippen molar-refractivity contribution >= 4 is 40.5 Å². The average molecular weight is 368 g/mol. The van der Waals surface area contributed by atoms with Crippen LogP contribution in [0.4, 0.5) is 5.69 Å². The number of esters is 1. The number of halogens is 1. The normalized spacial score (nSPS) is 10.3. The minimum atomic E-state index is -0.432. The summed E-state index contributed by atoms with van der Waals surface area (Å²) in [5.41, 5.74) is 2.38. The molecule has 1 aromatic heterocycles. The topological polar surface area (TPSA) is 64.6 Å². The Hall–Kier alpha value is -2.05. The molecule has 24 heavy (non-hydrogen) atoms. The number of amides is 1. The predicted octanol–water partition coefficient (Wildman–Crippen LogP) is 3.83. The van der Waals surface area contributed by atoms with Crippen LogP contribution in [0.5, 0.6) is 5.75 Å². The SMILES string of the molecule is COc1cc(Cl)c(C)cc1NC(=O)COC(=O)CCc1ccsc1. The molecule has 1 amide bonds. The van der Waals surface area contributed by atoms with Gasteiger partial charge < -0.3 is 14.8 Å². The van der Waals surface area contributed by atoms with Crippen LogP contribution in [0, 0.1) is 6.92 Å². The molecule has 2 aromatic rings. The van der Waals surface area contributed by atoms with Gasteiger partial charge in [-0.2, -0.15) is 11.3 Å². The van der Waals surface area contributed by atoms with Gasteiger partial charge in [0, 0.05) is 17.5 Å². The van der Waals surface area contributed by atoms with E-state index < -0.39 is 11.9 Å². The molecule has 0 bridgehead atoms. The zero-order chi connectivity index (χ0) is 17.5. The van der Waals surface area contributed by atoms with Crippen LogP contribution in [0.1, 0.15) is 17.5 Å². The molecular formula is C17H18ClNO4S. The van der Waals surface area contributed by atoms with Gasteiger partial charge in [-0.3, -0.25) is 9.59 Å². The minimum absolute atomic E-state index is 0.243. The van der Waals surface area contributed by atoms with Crippen molar-refractivity contribution in [1.82, 2.24) is 0 Å². The van der Waals surface area contributed by atoms with Crippen molar-refractivity contribution in [2.45, 2.75) is 19.8 Å². The van der Waals surface area contributed by atoms with E-state index in [2.05, 4.69) is 5.32 Å². The van der Waals surface area contributed by atoms with Crippen LogP contribution in [0.15, 0.2) is 29.0 Å². The highest BCUT2D eigenvalue weighted by Crippen LogP contribution is 2.30. The molecule has 0 unspecified atom stereocenters. The Labute approximate surface area is 149 Å². The first-order valence-corrected chi connectivity index (χ1v) is 8.62. The van der Waals surface area contributed by atoms with E-state index in [1.165, 1.54) is 7.11 Å². The third-order valence-electron chi connectivity index (χ3n) is 3.32. The largest absolute Gasteiger partial charge is 0.495 e. The fraction of sp³-hybridized carbons (Fsp3) is 0.294. The first-order chi connectivity index (χ1) is 11.5. The Morgan fingerprint density at radius 2 is 2.12 bits per heavy atom. The lowest BCUT2D eigenvalue weighted by molar-refractivity contribution is -0.147. The second kappa shape index (κ2) is 8.70. The van der Waals surface area contributed by atoms with Gasteiger partial charge in [-0.15, -0.1) is 0 Å². The average Bonchev–Trinajstić information content (AvgIpc) is 3.07. The molecule has 0 aliphatic carbocycles. The van der Waals surface area contributed by atoms with Gasteiger partial charge >= 0.3 is 5.97 Å². The summed E-state index contributed by atoms with van der Waals surface area (Å²) >= 11 is 7.60. The molecule has 1 N–H and O–H groups in total. The van der Waals surface area contributed by atoms with Gasteiger partial charge in [0.2, 0.25) is 0 Å². The maximum Gasteiger partial charge on any atom is 0.306 e. The number of hydrogen-bond acceptors (Lipinski definition) is 5. The Morgan fingerprint density at radius 3 is 2.79 bits per heavy atom. The number of nitrogens with one attached hydrogen (secondary N) is 1. The standard InChI is InChI=1S/C17H18ClNO4S/c1-11-7-14(15(22-2)8-13(11)18)19-16(20)9-23-17(21)4-3-12-5-6-24-10-12/h5-8,10H,3-4,9H2,1-2H3,(H,19,20). The fourth-order valence-corrected chi connectivity index (χ4v) is 2.87. The van der Waals surface area contributed by atoms with Crippen molar-refractivity contribution in [2.24, 2.45) is 0 Å². The first kappa shape index (κ1) is 18.3. The molecule has 128 valence electrons. The smallest absolute Gasteiger partial charge is 0.306 e. The molecular weight excluding hydrogens is 350 g/mol. The van der Waals surface area contributed by atoms with Crippen molar-refractivity contribution in [3.8, 4) is 5.75 Å². The molecule has 0 radical (unpaired) electrons. The van der Waals surface area contributed by atoms with Gasteiger partial charge in [0.05, 0.1) is 12.8 Å². The Balaban J connectivity index is 1.82. The van der Waals surface area contributed by atoms with Crippen LogP contribution in [0.25, 0.3) is 0 Å². The van der Waals surface area contributed by atoms with E-state index in [9.17, 15) is 9.59 Å². The van der Waals surface area contributed by atoms with Crippen molar-refractivity contribution in [3.63, 3.8) is 0 Å². The first-order valence-electron chi connectivity index (χ1n) is 7.30.